The number of halogens is 1. The molecule has 0 saturated heterocycles. The second-order valence-electron chi connectivity index (χ2n) is 5.68. The minimum atomic E-state index is -0.665. The van der Waals surface area contributed by atoms with Gasteiger partial charge >= 0.3 is 11.9 Å². The highest BCUT2D eigenvalue weighted by Gasteiger charge is 2.15. The minimum Gasteiger partial charge on any atom is -0.465 e. The molecule has 0 saturated carbocycles. The first-order valence-corrected chi connectivity index (χ1v) is 9.11. The number of esters is 2. The predicted molar refractivity (Wildman–Crippen MR) is 105 cm³/mol. The molecule has 0 aromatic heterocycles. The standard InChI is InChI=1S/C20H18BrNO6/c1-27-20(26)15-4-2-3-5-16(15)22-18(24)10-11-19(25)28-12-17(23)13-6-8-14(21)9-7-13/h2-9H,10-12H2,1H3,(H,22,24). The molecule has 1 amide bonds. The molecule has 2 aromatic carbocycles. The molecule has 0 aliphatic heterocycles. The number of para-hydroxylation sites is 1. The van der Waals surface area contributed by atoms with E-state index < -0.39 is 24.5 Å². The first-order chi connectivity index (χ1) is 13.4. The molecule has 146 valence electrons. The van der Waals surface area contributed by atoms with Crippen molar-refractivity contribution in [3.05, 3.63) is 64.1 Å². The van der Waals surface area contributed by atoms with Crippen molar-refractivity contribution < 1.29 is 28.7 Å². The quantitative estimate of drug-likeness (QED) is 0.491. The number of rotatable bonds is 8. The number of carbonyl (C=O) groups excluding carboxylic acids is 4. The zero-order valence-corrected chi connectivity index (χ0v) is 16.7. The first kappa shape index (κ1) is 21.3. The van der Waals surface area contributed by atoms with Gasteiger partial charge in [-0.2, -0.15) is 0 Å². The van der Waals surface area contributed by atoms with E-state index >= 15 is 0 Å². The molecule has 0 spiro atoms. The highest BCUT2D eigenvalue weighted by atomic mass is 79.9. The Labute approximate surface area is 170 Å². The van der Waals surface area contributed by atoms with Crippen LogP contribution in [0.25, 0.3) is 0 Å². The van der Waals surface area contributed by atoms with E-state index in [0.29, 0.717) is 5.56 Å². The lowest BCUT2D eigenvalue weighted by Gasteiger charge is -2.09. The summed E-state index contributed by atoms with van der Waals surface area (Å²) in [4.78, 5) is 47.4. The molecule has 0 aliphatic rings. The van der Waals surface area contributed by atoms with Crippen LogP contribution in [0.15, 0.2) is 53.0 Å². The highest BCUT2D eigenvalue weighted by molar-refractivity contribution is 9.10. The maximum Gasteiger partial charge on any atom is 0.339 e. The predicted octanol–water partition coefficient (Wildman–Crippen LogP) is 3.38. The van der Waals surface area contributed by atoms with Crippen LogP contribution < -0.4 is 5.32 Å². The average molecular weight is 448 g/mol. The molecule has 2 rings (SSSR count). The lowest BCUT2D eigenvalue weighted by molar-refractivity contribution is -0.143. The van der Waals surface area contributed by atoms with Crippen LogP contribution in [0.5, 0.6) is 0 Å². The van der Waals surface area contributed by atoms with E-state index in [2.05, 4.69) is 26.0 Å². The summed E-state index contributed by atoms with van der Waals surface area (Å²) in [5, 5.41) is 2.56. The zero-order valence-electron chi connectivity index (χ0n) is 15.1. The highest BCUT2D eigenvalue weighted by Crippen LogP contribution is 2.16. The Hall–Kier alpha value is -3.00. The van der Waals surface area contributed by atoms with Crippen molar-refractivity contribution in [2.45, 2.75) is 12.8 Å². The number of Topliss-reactive ketones (excluding diaryl/α,β-unsaturated/α-hetero) is 1. The topological polar surface area (TPSA) is 98.8 Å². The number of amides is 1. The van der Waals surface area contributed by atoms with Gasteiger partial charge in [0.15, 0.2) is 12.4 Å². The molecule has 0 radical (unpaired) electrons. The van der Waals surface area contributed by atoms with Gasteiger partial charge in [-0.05, 0) is 24.3 Å². The summed E-state index contributed by atoms with van der Waals surface area (Å²) in [6, 6.07) is 13.0. The molecule has 8 heteroatoms. The molecule has 1 N–H and O–H groups in total. The lowest BCUT2D eigenvalue weighted by atomic mass is 10.1. The molecule has 2 aromatic rings. The van der Waals surface area contributed by atoms with E-state index in [1.54, 1.807) is 42.5 Å². The number of anilines is 1. The molecular formula is C20H18BrNO6. The van der Waals surface area contributed by atoms with Crippen LogP contribution in [0.4, 0.5) is 5.69 Å². The summed E-state index contributed by atoms with van der Waals surface area (Å²) >= 11 is 3.27. The second kappa shape index (κ2) is 10.4. The van der Waals surface area contributed by atoms with Crippen LogP contribution in [0.2, 0.25) is 0 Å². The average Bonchev–Trinajstić information content (AvgIpc) is 2.70. The molecule has 28 heavy (non-hydrogen) atoms. The summed E-state index contributed by atoms with van der Waals surface area (Å²) in [5.41, 5.74) is 0.923. The van der Waals surface area contributed by atoms with Crippen LogP contribution in [-0.4, -0.2) is 37.3 Å². The van der Waals surface area contributed by atoms with Crippen molar-refractivity contribution >= 4 is 45.2 Å². The SMILES string of the molecule is COC(=O)c1ccccc1NC(=O)CCC(=O)OCC(=O)c1ccc(Br)cc1. The summed E-state index contributed by atoms with van der Waals surface area (Å²) < 4.78 is 10.4. The van der Waals surface area contributed by atoms with Gasteiger partial charge in [-0.15, -0.1) is 0 Å². The monoisotopic (exact) mass is 447 g/mol. The Morgan fingerprint density at radius 3 is 2.32 bits per heavy atom. The van der Waals surface area contributed by atoms with Crippen molar-refractivity contribution in [2.75, 3.05) is 19.0 Å². The Morgan fingerprint density at radius 1 is 0.964 bits per heavy atom. The van der Waals surface area contributed by atoms with E-state index in [4.69, 9.17) is 4.74 Å². The number of benzene rings is 2. The van der Waals surface area contributed by atoms with Crippen LogP contribution in [0.3, 0.4) is 0 Å². The molecule has 0 fully saturated rings. The van der Waals surface area contributed by atoms with E-state index in [0.717, 1.165) is 4.47 Å². The number of carbonyl (C=O) groups is 4. The minimum absolute atomic E-state index is 0.152. The maximum atomic E-state index is 12.0. The second-order valence-corrected chi connectivity index (χ2v) is 6.59. The van der Waals surface area contributed by atoms with Crippen molar-refractivity contribution in [3.63, 3.8) is 0 Å². The number of methoxy groups -OCH3 is 1. The van der Waals surface area contributed by atoms with Gasteiger partial charge in [0.25, 0.3) is 0 Å². The maximum absolute atomic E-state index is 12.0. The van der Waals surface area contributed by atoms with E-state index in [1.807, 2.05) is 0 Å². The van der Waals surface area contributed by atoms with Crippen molar-refractivity contribution in [2.24, 2.45) is 0 Å². The summed E-state index contributed by atoms with van der Waals surface area (Å²) in [6.07, 6.45) is -0.347. The largest absolute Gasteiger partial charge is 0.465 e. The number of hydrogen-bond donors (Lipinski definition) is 1. The molecule has 0 aliphatic carbocycles. The zero-order chi connectivity index (χ0) is 20.5. The van der Waals surface area contributed by atoms with Crippen LogP contribution in [-0.2, 0) is 19.1 Å². The van der Waals surface area contributed by atoms with Gasteiger partial charge in [0, 0.05) is 16.5 Å². The molecule has 0 bridgehead atoms. The van der Waals surface area contributed by atoms with Crippen molar-refractivity contribution in [1.82, 2.24) is 0 Å². The lowest BCUT2D eigenvalue weighted by Crippen LogP contribution is -2.18. The normalized spacial score (nSPS) is 10.1. The van der Waals surface area contributed by atoms with E-state index in [-0.39, 0.29) is 29.9 Å². The van der Waals surface area contributed by atoms with Crippen LogP contribution >= 0.6 is 15.9 Å². The Balaban J connectivity index is 1.80. The third-order valence-corrected chi connectivity index (χ3v) is 4.22. The van der Waals surface area contributed by atoms with Gasteiger partial charge in [0.05, 0.1) is 24.8 Å². The summed E-state index contributed by atoms with van der Waals surface area (Å²) in [5.74, 6) is -2.05. The first-order valence-electron chi connectivity index (χ1n) is 8.32. The summed E-state index contributed by atoms with van der Waals surface area (Å²) in [6.45, 7) is -0.396. The van der Waals surface area contributed by atoms with Gasteiger partial charge in [-0.3, -0.25) is 14.4 Å². The molecule has 0 unspecified atom stereocenters. The fourth-order valence-electron chi connectivity index (χ4n) is 2.25. The van der Waals surface area contributed by atoms with E-state index in [1.165, 1.54) is 13.2 Å². The summed E-state index contributed by atoms with van der Waals surface area (Å²) in [7, 11) is 1.24. The number of ether oxygens (including phenoxy) is 2. The molecule has 0 heterocycles. The third kappa shape index (κ3) is 6.31. The molecule has 7 nitrogen and oxygen atoms in total. The Morgan fingerprint density at radius 2 is 1.64 bits per heavy atom. The number of ketones is 1. The van der Waals surface area contributed by atoms with Gasteiger partial charge in [0.2, 0.25) is 5.91 Å². The van der Waals surface area contributed by atoms with Crippen LogP contribution in [0.1, 0.15) is 33.6 Å². The van der Waals surface area contributed by atoms with Gasteiger partial charge in [-0.25, -0.2) is 4.79 Å². The smallest absolute Gasteiger partial charge is 0.339 e. The molecular weight excluding hydrogens is 430 g/mol. The fraction of sp³-hybridized carbons (Fsp3) is 0.200. The Kier molecular flexibility index (Phi) is 7.88. The number of nitrogens with one attached hydrogen (secondary N) is 1. The number of hydrogen-bond acceptors (Lipinski definition) is 6. The van der Waals surface area contributed by atoms with Crippen molar-refractivity contribution in [3.8, 4) is 0 Å². The van der Waals surface area contributed by atoms with Crippen LogP contribution in [0, 0.1) is 0 Å². The fourth-order valence-corrected chi connectivity index (χ4v) is 2.51. The molecule has 0 atom stereocenters. The van der Waals surface area contributed by atoms with Gasteiger partial charge in [0.1, 0.15) is 0 Å². The van der Waals surface area contributed by atoms with Crippen molar-refractivity contribution in [1.29, 1.82) is 0 Å². The van der Waals surface area contributed by atoms with Gasteiger partial charge in [-0.1, -0.05) is 40.2 Å². The Bertz CT molecular complexity index is 879. The van der Waals surface area contributed by atoms with Gasteiger partial charge < -0.3 is 14.8 Å². The van der Waals surface area contributed by atoms with E-state index in [9.17, 15) is 19.2 Å². The third-order valence-electron chi connectivity index (χ3n) is 3.69.